The molecule has 11 heteroatoms. The average molecular weight is 567 g/mol. The maximum absolute atomic E-state index is 14.1. The Labute approximate surface area is 231 Å². The van der Waals surface area contributed by atoms with Gasteiger partial charge in [0, 0.05) is 43.7 Å². The maximum atomic E-state index is 14.1. The van der Waals surface area contributed by atoms with Gasteiger partial charge in [-0.3, -0.25) is 4.57 Å². The largest absolute Gasteiger partial charge is 0.489 e. The molecule has 1 amide bonds. The van der Waals surface area contributed by atoms with E-state index in [1.807, 2.05) is 12.1 Å². The maximum Gasteiger partial charge on any atom is 0.326 e. The van der Waals surface area contributed by atoms with Crippen LogP contribution in [-0.4, -0.2) is 49.9 Å². The van der Waals surface area contributed by atoms with E-state index < -0.39 is 21.5 Å². The molecule has 1 fully saturated rings. The van der Waals surface area contributed by atoms with Gasteiger partial charge in [0.15, 0.2) is 9.84 Å². The van der Waals surface area contributed by atoms with Crippen LogP contribution in [0.1, 0.15) is 12.0 Å². The second-order valence-corrected chi connectivity index (χ2v) is 11.8. The van der Waals surface area contributed by atoms with Gasteiger partial charge < -0.3 is 15.0 Å². The molecule has 1 aliphatic heterocycles. The Kier molecular flexibility index (Phi) is 7.83. The molecule has 0 bridgehead atoms. The monoisotopic (exact) mass is 566 g/mol. The minimum Gasteiger partial charge on any atom is -0.489 e. The third-order valence-electron chi connectivity index (χ3n) is 6.80. The van der Waals surface area contributed by atoms with E-state index in [-0.39, 0.29) is 29.1 Å². The molecule has 1 unspecified atom stereocenters. The van der Waals surface area contributed by atoms with Crippen LogP contribution in [0, 0.1) is 17.6 Å². The lowest BCUT2D eigenvalue weighted by atomic mass is 10.1. The molecule has 208 valence electrons. The quantitative estimate of drug-likeness (QED) is 0.326. The normalized spacial score (nSPS) is 15.3. The van der Waals surface area contributed by atoms with Gasteiger partial charge in [0.2, 0.25) is 0 Å². The Balaban J connectivity index is 1.12. The third-order valence-corrected chi connectivity index (χ3v) is 7.93. The first-order valence-electron chi connectivity index (χ1n) is 12.7. The predicted octanol–water partition coefficient (Wildman–Crippen LogP) is 4.90. The number of sulfone groups is 1. The standard InChI is InChI=1S/C29H28F2N4O4S/c1-40(37,38)25-9-2-20(3-10-25)18-39-24-7-4-22(5-8-24)27-17-35(19-33-27)29(36)32-15-21-12-13-34(16-21)28-14-23(30)6-11-26(28)31/h2-11,14,17,19,21H,12-13,15-16,18H2,1H3,(H,32,36). The van der Waals surface area contributed by atoms with Crippen molar-refractivity contribution in [3.05, 3.63) is 96.5 Å². The van der Waals surface area contributed by atoms with Crippen molar-refractivity contribution in [1.82, 2.24) is 14.9 Å². The number of halogens is 2. The molecular weight excluding hydrogens is 538 g/mol. The zero-order chi connectivity index (χ0) is 28.3. The van der Waals surface area contributed by atoms with Gasteiger partial charge >= 0.3 is 6.03 Å². The van der Waals surface area contributed by atoms with Gasteiger partial charge in [0.05, 0.1) is 16.3 Å². The SMILES string of the molecule is CS(=O)(=O)c1ccc(COc2ccc(-c3cn(C(=O)NCC4CCN(c5cc(F)ccc5F)C4)cn3)cc2)cc1. The molecule has 4 aromatic rings. The molecule has 3 aromatic carbocycles. The van der Waals surface area contributed by atoms with E-state index in [2.05, 4.69) is 10.3 Å². The number of benzene rings is 3. The summed E-state index contributed by atoms with van der Waals surface area (Å²) in [5.74, 6) is -0.195. The van der Waals surface area contributed by atoms with Crippen LogP contribution in [0.2, 0.25) is 0 Å². The Morgan fingerprint density at radius 1 is 1.07 bits per heavy atom. The van der Waals surface area contributed by atoms with E-state index in [4.69, 9.17) is 4.74 Å². The molecule has 0 saturated carbocycles. The van der Waals surface area contributed by atoms with Crippen LogP contribution in [0.25, 0.3) is 11.3 Å². The number of nitrogens with one attached hydrogen (secondary N) is 1. The van der Waals surface area contributed by atoms with Crippen LogP contribution in [-0.2, 0) is 16.4 Å². The van der Waals surface area contributed by atoms with Crippen molar-refractivity contribution in [2.24, 2.45) is 5.92 Å². The fourth-order valence-corrected chi connectivity index (χ4v) is 5.20. The van der Waals surface area contributed by atoms with Gasteiger partial charge in [-0.15, -0.1) is 0 Å². The van der Waals surface area contributed by atoms with Gasteiger partial charge in [-0.05, 0) is 66.4 Å². The summed E-state index contributed by atoms with van der Waals surface area (Å²) >= 11 is 0. The van der Waals surface area contributed by atoms with E-state index in [0.29, 0.717) is 31.1 Å². The number of nitrogens with zero attached hydrogens (tertiary/aromatic N) is 3. The molecule has 0 spiro atoms. The first kappa shape index (κ1) is 27.3. The van der Waals surface area contributed by atoms with Crippen LogP contribution >= 0.6 is 0 Å². The molecule has 5 rings (SSSR count). The molecule has 40 heavy (non-hydrogen) atoms. The summed E-state index contributed by atoms with van der Waals surface area (Å²) in [6.07, 6.45) is 5.00. The molecule has 1 aromatic heterocycles. The minimum atomic E-state index is -3.24. The van der Waals surface area contributed by atoms with Crippen LogP contribution in [0.5, 0.6) is 5.75 Å². The first-order chi connectivity index (χ1) is 19.2. The van der Waals surface area contributed by atoms with Gasteiger partial charge in [-0.25, -0.2) is 27.0 Å². The zero-order valence-electron chi connectivity index (χ0n) is 21.8. The van der Waals surface area contributed by atoms with Crippen LogP contribution in [0.15, 0.2) is 84.1 Å². The highest BCUT2D eigenvalue weighted by molar-refractivity contribution is 7.90. The van der Waals surface area contributed by atoms with E-state index in [0.717, 1.165) is 29.7 Å². The van der Waals surface area contributed by atoms with Crippen molar-refractivity contribution in [3.63, 3.8) is 0 Å². The number of hydrogen-bond acceptors (Lipinski definition) is 6. The number of amides is 1. The highest BCUT2D eigenvalue weighted by Gasteiger charge is 2.25. The molecule has 8 nitrogen and oxygen atoms in total. The minimum absolute atomic E-state index is 0.111. The lowest BCUT2D eigenvalue weighted by molar-refractivity contribution is 0.240. The average Bonchev–Trinajstić information content (AvgIpc) is 3.63. The topological polar surface area (TPSA) is 93.5 Å². The van der Waals surface area contributed by atoms with Gasteiger partial charge in [0.25, 0.3) is 0 Å². The van der Waals surface area contributed by atoms with Gasteiger partial charge in [-0.2, -0.15) is 0 Å². The summed E-state index contributed by atoms with van der Waals surface area (Å²) in [5.41, 5.74) is 2.51. The van der Waals surface area contributed by atoms with E-state index in [1.165, 1.54) is 23.2 Å². The number of carbonyl (C=O) groups excluding carboxylic acids is 1. The highest BCUT2D eigenvalue weighted by Crippen LogP contribution is 2.27. The van der Waals surface area contributed by atoms with Gasteiger partial charge in [-0.1, -0.05) is 12.1 Å². The first-order valence-corrected chi connectivity index (χ1v) is 14.6. The number of aromatic nitrogens is 2. The molecule has 2 heterocycles. The van der Waals surface area contributed by atoms with Crippen LogP contribution in [0.3, 0.4) is 0 Å². The molecule has 0 aliphatic carbocycles. The zero-order valence-corrected chi connectivity index (χ0v) is 22.6. The van der Waals surface area contributed by atoms with Crippen molar-refractivity contribution >= 4 is 21.6 Å². The summed E-state index contributed by atoms with van der Waals surface area (Å²) in [5, 5.41) is 2.89. The number of carbonyl (C=O) groups is 1. The van der Waals surface area contributed by atoms with Crippen molar-refractivity contribution in [2.45, 2.75) is 17.9 Å². The number of hydrogen-bond donors (Lipinski definition) is 1. The second-order valence-electron chi connectivity index (χ2n) is 9.78. The molecule has 1 atom stereocenters. The Morgan fingerprint density at radius 2 is 1.82 bits per heavy atom. The lowest BCUT2D eigenvalue weighted by Crippen LogP contribution is -2.33. The Morgan fingerprint density at radius 3 is 2.55 bits per heavy atom. The fraction of sp³-hybridized carbons (Fsp3) is 0.241. The highest BCUT2D eigenvalue weighted by atomic mass is 32.2. The number of anilines is 1. The van der Waals surface area contributed by atoms with E-state index in [1.54, 1.807) is 47.5 Å². The lowest BCUT2D eigenvalue weighted by Gasteiger charge is -2.19. The van der Waals surface area contributed by atoms with Gasteiger partial charge in [0.1, 0.15) is 30.3 Å². The summed E-state index contributed by atoms with van der Waals surface area (Å²) in [6.45, 7) is 1.80. The van der Waals surface area contributed by atoms with Crippen molar-refractivity contribution in [2.75, 3.05) is 30.8 Å². The molecule has 1 saturated heterocycles. The van der Waals surface area contributed by atoms with Crippen LogP contribution in [0.4, 0.5) is 19.3 Å². The summed E-state index contributed by atoms with van der Waals surface area (Å²) in [4.78, 5) is 19.1. The molecule has 1 aliphatic rings. The third kappa shape index (κ3) is 6.48. The molecule has 1 N–H and O–H groups in total. The Hall–Kier alpha value is -4.25. The van der Waals surface area contributed by atoms with E-state index in [9.17, 15) is 22.0 Å². The van der Waals surface area contributed by atoms with Crippen molar-refractivity contribution < 1.29 is 26.7 Å². The second kappa shape index (κ2) is 11.5. The molecule has 0 radical (unpaired) electrons. The smallest absolute Gasteiger partial charge is 0.326 e. The Bertz CT molecular complexity index is 1610. The summed E-state index contributed by atoms with van der Waals surface area (Å²) in [7, 11) is -3.24. The van der Waals surface area contributed by atoms with Crippen molar-refractivity contribution in [1.29, 1.82) is 0 Å². The van der Waals surface area contributed by atoms with Crippen molar-refractivity contribution in [3.8, 4) is 17.0 Å². The number of rotatable bonds is 8. The predicted molar refractivity (Wildman–Crippen MR) is 147 cm³/mol. The van der Waals surface area contributed by atoms with Crippen LogP contribution < -0.4 is 15.0 Å². The van der Waals surface area contributed by atoms with E-state index >= 15 is 0 Å². The molecular formula is C29H28F2N4O4S. The summed E-state index contributed by atoms with van der Waals surface area (Å²) < 4.78 is 58.0. The number of ether oxygens (including phenoxy) is 1. The fourth-order valence-electron chi connectivity index (χ4n) is 4.57. The summed E-state index contributed by atoms with van der Waals surface area (Å²) in [6, 6.07) is 16.9. The number of imidazole rings is 1.